The Labute approximate surface area is 134 Å². The van der Waals surface area contributed by atoms with E-state index in [-0.39, 0.29) is 11.1 Å². The smallest absolute Gasteiger partial charge is 0.337 e. The van der Waals surface area contributed by atoms with Crippen LogP contribution in [-0.2, 0) is 0 Å². The zero-order valence-corrected chi connectivity index (χ0v) is 12.6. The van der Waals surface area contributed by atoms with Crippen LogP contribution < -0.4 is 5.56 Å². The summed E-state index contributed by atoms with van der Waals surface area (Å²) in [7, 11) is 0. The van der Waals surface area contributed by atoms with Crippen molar-refractivity contribution in [1.82, 2.24) is 9.55 Å². The molecule has 0 amide bonds. The van der Waals surface area contributed by atoms with Crippen LogP contribution in [0.4, 0.5) is 0 Å². The summed E-state index contributed by atoms with van der Waals surface area (Å²) < 4.78 is 2.22. The summed E-state index contributed by atoms with van der Waals surface area (Å²) in [5.41, 5.74) is 2.44. The molecule has 0 fully saturated rings. The van der Waals surface area contributed by atoms with Gasteiger partial charge in [-0.05, 0) is 29.7 Å². The Morgan fingerprint density at radius 3 is 2.83 bits per heavy atom. The summed E-state index contributed by atoms with van der Waals surface area (Å²) in [5.74, 6) is -1.09. The first-order chi connectivity index (χ1) is 11.1. The average Bonchev–Trinajstić information content (AvgIpc) is 3.01. The van der Waals surface area contributed by atoms with Gasteiger partial charge in [-0.25, -0.2) is 9.78 Å². The number of fused-ring (bicyclic) bond motifs is 2. The van der Waals surface area contributed by atoms with Crippen LogP contribution in [0.5, 0.6) is 0 Å². The van der Waals surface area contributed by atoms with E-state index in [2.05, 4.69) is 4.98 Å². The molecule has 0 saturated carbocycles. The molecule has 23 heavy (non-hydrogen) atoms. The summed E-state index contributed by atoms with van der Waals surface area (Å²) in [6.45, 7) is 0. The van der Waals surface area contributed by atoms with Crippen LogP contribution in [0.3, 0.4) is 0 Å². The van der Waals surface area contributed by atoms with Crippen molar-refractivity contribution in [2.45, 2.75) is 0 Å². The van der Waals surface area contributed by atoms with Crippen LogP contribution in [0.25, 0.3) is 26.7 Å². The Hall–Kier alpha value is -2.99. The van der Waals surface area contributed by atoms with Gasteiger partial charge in [-0.1, -0.05) is 18.2 Å². The lowest BCUT2D eigenvalue weighted by molar-refractivity contribution is 0.0697. The SMILES string of the molecule is O=C(O)c1cc2ncsc2cc1-n1ccc2ccccc2c1=O. The third-order valence-corrected chi connectivity index (χ3v) is 4.54. The van der Waals surface area contributed by atoms with E-state index in [1.54, 1.807) is 36.0 Å². The maximum atomic E-state index is 12.7. The number of aromatic carboxylic acids is 1. The first-order valence-corrected chi connectivity index (χ1v) is 7.74. The third kappa shape index (κ3) is 2.11. The number of pyridine rings is 1. The number of carbonyl (C=O) groups is 1. The standard InChI is InChI=1S/C17H10N2O3S/c20-16-11-4-2-1-3-10(11)5-6-19(16)14-8-15-13(18-9-23-15)7-12(14)17(21)22/h1-9H,(H,21,22). The number of thiazole rings is 1. The number of nitrogens with zero attached hydrogens (tertiary/aromatic N) is 2. The molecule has 2 heterocycles. The van der Waals surface area contributed by atoms with Gasteiger partial charge < -0.3 is 5.11 Å². The molecule has 0 unspecified atom stereocenters. The predicted molar refractivity (Wildman–Crippen MR) is 89.7 cm³/mol. The van der Waals surface area contributed by atoms with Gasteiger partial charge in [-0.3, -0.25) is 9.36 Å². The number of hydrogen-bond acceptors (Lipinski definition) is 4. The molecule has 0 spiro atoms. The maximum Gasteiger partial charge on any atom is 0.337 e. The highest BCUT2D eigenvalue weighted by atomic mass is 32.1. The number of carboxylic acids is 1. The van der Waals surface area contributed by atoms with E-state index in [1.165, 1.54) is 22.0 Å². The maximum absolute atomic E-state index is 12.7. The fourth-order valence-corrected chi connectivity index (χ4v) is 3.33. The first-order valence-electron chi connectivity index (χ1n) is 6.86. The van der Waals surface area contributed by atoms with E-state index in [4.69, 9.17) is 0 Å². The van der Waals surface area contributed by atoms with Crippen LogP contribution in [0.15, 0.2) is 59.0 Å². The zero-order chi connectivity index (χ0) is 16.0. The van der Waals surface area contributed by atoms with Crippen LogP contribution in [0.2, 0.25) is 0 Å². The van der Waals surface area contributed by atoms with Gasteiger partial charge in [0.1, 0.15) is 0 Å². The largest absolute Gasteiger partial charge is 0.478 e. The van der Waals surface area contributed by atoms with Crippen molar-refractivity contribution in [2.24, 2.45) is 0 Å². The first kappa shape index (κ1) is 13.7. The Morgan fingerprint density at radius 2 is 2.00 bits per heavy atom. The van der Waals surface area contributed by atoms with Crippen molar-refractivity contribution >= 4 is 38.3 Å². The molecule has 6 heteroatoms. The van der Waals surface area contributed by atoms with Gasteiger partial charge in [0.15, 0.2) is 0 Å². The average molecular weight is 322 g/mol. The number of benzene rings is 2. The lowest BCUT2D eigenvalue weighted by Gasteiger charge is -2.10. The minimum absolute atomic E-state index is 0.0563. The lowest BCUT2D eigenvalue weighted by Crippen LogP contribution is -2.20. The monoisotopic (exact) mass is 322 g/mol. The quantitative estimate of drug-likeness (QED) is 0.614. The van der Waals surface area contributed by atoms with Gasteiger partial charge in [0.05, 0.1) is 27.0 Å². The molecule has 2 aromatic heterocycles. The van der Waals surface area contributed by atoms with E-state index in [0.717, 1.165) is 10.1 Å². The van der Waals surface area contributed by atoms with Crippen LogP contribution in [0, 0.1) is 0 Å². The van der Waals surface area contributed by atoms with Crippen LogP contribution in [0.1, 0.15) is 10.4 Å². The fourth-order valence-electron chi connectivity index (χ4n) is 2.64. The molecule has 5 nitrogen and oxygen atoms in total. The molecule has 1 N–H and O–H groups in total. The second-order valence-electron chi connectivity index (χ2n) is 5.07. The van der Waals surface area contributed by atoms with E-state index >= 15 is 0 Å². The highest BCUT2D eigenvalue weighted by Gasteiger charge is 2.16. The van der Waals surface area contributed by atoms with E-state index in [9.17, 15) is 14.7 Å². The van der Waals surface area contributed by atoms with Gasteiger partial charge in [0.25, 0.3) is 5.56 Å². The topological polar surface area (TPSA) is 72.2 Å². The van der Waals surface area contributed by atoms with Crippen molar-refractivity contribution < 1.29 is 9.90 Å². The Kier molecular flexibility index (Phi) is 2.99. The van der Waals surface area contributed by atoms with Crippen molar-refractivity contribution in [3.8, 4) is 5.69 Å². The van der Waals surface area contributed by atoms with Gasteiger partial charge >= 0.3 is 5.97 Å². The number of hydrogen-bond donors (Lipinski definition) is 1. The molecule has 0 aliphatic carbocycles. The summed E-state index contributed by atoms with van der Waals surface area (Å²) >= 11 is 1.41. The second-order valence-corrected chi connectivity index (χ2v) is 5.96. The van der Waals surface area contributed by atoms with Crippen molar-refractivity contribution in [3.05, 3.63) is 70.1 Å². The number of aromatic nitrogens is 2. The molecule has 4 rings (SSSR count). The predicted octanol–water partition coefficient (Wildman–Crippen LogP) is 3.30. The van der Waals surface area contributed by atoms with Crippen molar-refractivity contribution in [3.63, 3.8) is 0 Å². The minimum Gasteiger partial charge on any atom is -0.478 e. The third-order valence-electron chi connectivity index (χ3n) is 3.75. The minimum atomic E-state index is -1.09. The van der Waals surface area contributed by atoms with Crippen molar-refractivity contribution in [1.29, 1.82) is 0 Å². The molecular weight excluding hydrogens is 312 g/mol. The van der Waals surface area contributed by atoms with Gasteiger partial charge in [-0.2, -0.15) is 0 Å². The molecule has 0 aliphatic rings. The molecule has 112 valence electrons. The highest BCUT2D eigenvalue weighted by Crippen LogP contribution is 2.25. The Morgan fingerprint density at radius 1 is 1.17 bits per heavy atom. The molecular formula is C17H10N2O3S. The van der Waals surface area contributed by atoms with E-state index in [0.29, 0.717) is 16.6 Å². The molecule has 2 aromatic carbocycles. The van der Waals surface area contributed by atoms with Crippen molar-refractivity contribution in [2.75, 3.05) is 0 Å². The normalized spacial score (nSPS) is 11.1. The molecule has 0 saturated heterocycles. The summed E-state index contributed by atoms with van der Waals surface area (Å²) in [6, 6.07) is 12.2. The molecule has 0 atom stereocenters. The number of rotatable bonds is 2. The molecule has 0 radical (unpaired) electrons. The Bertz CT molecular complexity index is 1130. The van der Waals surface area contributed by atoms with Crippen LogP contribution in [-0.4, -0.2) is 20.6 Å². The van der Waals surface area contributed by atoms with E-state index in [1.807, 2.05) is 12.1 Å². The molecule has 0 aliphatic heterocycles. The van der Waals surface area contributed by atoms with Gasteiger partial charge in [0, 0.05) is 11.6 Å². The zero-order valence-electron chi connectivity index (χ0n) is 11.8. The highest BCUT2D eigenvalue weighted by molar-refractivity contribution is 7.16. The van der Waals surface area contributed by atoms with E-state index < -0.39 is 5.97 Å². The molecule has 0 bridgehead atoms. The van der Waals surface area contributed by atoms with Gasteiger partial charge in [0.2, 0.25) is 0 Å². The number of carboxylic acid groups (broad SMARTS) is 1. The Balaban J connectivity index is 2.09. The summed E-state index contributed by atoms with van der Waals surface area (Å²) in [4.78, 5) is 28.5. The van der Waals surface area contributed by atoms with Crippen LogP contribution >= 0.6 is 11.3 Å². The summed E-state index contributed by atoms with van der Waals surface area (Å²) in [6.07, 6.45) is 1.61. The lowest BCUT2D eigenvalue weighted by atomic mass is 10.1. The molecule has 4 aromatic rings. The summed E-state index contributed by atoms with van der Waals surface area (Å²) in [5, 5.41) is 10.9. The fraction of sp³-hybridized carbons (Fsp3) is 0. The van der Waals surface area contributed by atoms with Gasteiger partial charge in [-0.15, -0.1) is 11.3 Å². The second kappa shape index (κ2) is 5.03.